The van der Waals surface area contributed by atoms with Crippen LogP contribution in [0.15, 0.2) is 44.3 Å². The number of nitrogens with one attached hydrogen (secondary N) is 1. The molecule has 0 saturated heterocycles. The number of hydrogen-bond acceptors (Lipinski definition) is 6. The Bertz CT molecular complexity index is 811. The van der Waals surface area contributed by atoms with E-state index in [0.29, 0.717) is 35.5 Å². The van der Waals surface area contributed by atoms with Gasteiger partial charge in [-0.3, -0.25) is 15.1 Å². The van der Waals surface area contributed by atoms with E-state index in [2.05, 4.69) is 42.2 Å². The summed E-state index contributed by atoms with van der Waals surface area (Å²) in [6.45, 7) is 3.28. The molecule has 0 radical (unpaired) electrons. The number of halogens is 2. The molecule has 0 heterocycles. The fraction of sp³-hybridized carbons (Fsp3) is 0.235. The molecule has 0 unspecified atom stereocenters. The lowest BCUT2D eigenvalue weighted by atomic mass is 10.2. The van der Waals surface area contributed by atoms with Crippen molar-refractivity contribution >= 4 is 49.4 Å². The SMILES string of the molecule is CCOc1cc(Br)c(Br)c(C=NCCNc2ccc([N+](=O)[O-])cc2)c1O. The van der Waals surface area contributed by atoms with Gasteiger partial charge in [0.05, 0.1) is 23.6 Å². The van der Waals surface area contributed by atoms with E-state index in [0.717, 1.165) is 10.2 Å². The highest BCUT2D eigenvalue weighted by atomic mass is 79.9. The van der Waals surface area contributed by atoms with Gasteiger partial charge in [-0.2, -0.15) is 0 Å². The van der Waals surface area contributed by atoms with Gasteiger partial charge in [0, 0.05) is 39.5 Å². The number of nitro groups is 1. The van der Waals surface area contributed by atoms with Crippen molar-refractivity contribution in [2.45, 2.75) is 6.92 Å². The monoisotopic (exact) mass is 485 g/mol. The fourth-order valence-electron chi connectivity index (χ4n) is 2.12. The molecule has 2 aromatic rings. The number of ether oxygens (including phenoxy) is 1. The highest BCUT2D eigenvalue weighted by molar-refractivity contribution is 9.13. The van der Waals surface area contributed by atoms with Gasteiger partial charge in [-0.15, -0.1) is 0 Å². The summed E-state index contributed by atoms with van der Waals surface area (Å²) < 4.78 is 6.84. The van der Waals surface area contributed by atoms with Gasteiger partial charge < -0.3 is 15.2 Å². The van der Waals surface area contributed by atoms with Crippen molar-refractivity contribution in [1.29, 1.82) is 0 Å². The second kappa shape index (κ2) is 9.54. The Hall–Kier alpha value is -2.13. The van der Waals surface area contributed by atoms with Crippen LogP contribution >= 0.6 is 31.9 Å². The first-order chi connectivity index (χ1) is 12.4. The molecule has 0 amide bonds. The molecule has 0 saturated carbocycles. The van der Waals surface area contributed by atoms with Crippen molar-refractivity contribution in [3.05, 3.63) is 55.0 Å². The van der Waals surface area contributed by atoms with E-state index in [-0.39, 0.29) is 11.4 Å². The van der Waals surface area contributed by atoms with Crippen molar-refractivity contribution in [3.8, 4) is 11.5 Å². The predicted octanol–water partition coefficient (Wildman–Crippen LogP) is 4.76. The van der Waals surface area contributed by atoms with Crippen molar-refractivity contribution in [3.63, 3.8) is 0 Å². The number of phenolic OH excluding ortho intramolecular Hbond substituents is 1. The second-order valence-electron chi connectivity index (χ2n) is 5.13. The lowest BCUT2D eigenvalue weighted by Gasteiger charge is -2.11. The molecule has 2 aromatic carbocycles. The van der Waals surface area contributed by atoms with E-state index in [1.165, 1.54) is 12.1 Å². The third kappa shape index (κ3) is 5.18. The number of phenols is 1. The summed E-state index contributed by atoms with van der Waals surface area (Å²) >= 11 is 6.83. The molecule has 2 N–H and O–H groups in total. The van der Waals surface area contributed by atoms with Crippen molar-refractivity contribution in [1.82, 2.24) is 0 Å². The number of nitrogens with zero attached hydrogens (tertiary/aromatic N) is 2. The van der Waals surface area contributed by atoms with E-state index < -0.39 is 4.92 Å². The van der Waals surface area contributed by atoms with Crippen LogP contribution < -0.4 is 10.1 Å². The van der Waals surface area contributed by atoms with E-state index in [4.69, 9.17) is 4.74 Å². The largest absolute Gasteiger partial charge is 0.504 e. The molecule has 0 aliphatic carbocycles. The summed E-state index contributed by atoms with van der Waals surface area (Å²) in [4.78, 5) is 14.5. The third-order valence-corrected chi connectivity index (χ3v) is 5.37. The molecule has 7 nitrogen and oxygen atoms in total. The lowest BCUT2D eigenvalue weighted by Crippen LogP contribution is -2.05. The van der Waals surface area contributed by atoms with Crippen molar-refractivity contribution < 1.29 is 14.8 Å². The van der Waals surface area contributed by atoms with Gasteiger partial charge >= 0.3 is 0 Å². The molecule has 2 rings (SSSR count). The Labute approximate surface area is 167 Å². The molecule has 0 atom stereocenters. The van der Waals surface area contributed by atoms with Crippen LogP contribution in [-0.4, -0.2) is 35.9 Å². The summed E-state index contributed by atoms with van der Waals surface area (Å²) in [5.74, 6) is 0.405. The fourth-order valence-corrected chi connectivity index (χ4v) is 2.94. The number of rotatable bonds is 8. The maximum Gasteiger partial charge on any atom is 0.269 e. The Morgan fingerprint density at radius 1 is 1.35 bits per heavy atom. The molecular weight excluding hydrogens is 470 g/mol. The van der Waals surface area contributed by atoms with Gasteiger partial charge in [-0.05, 0) is 57.0 Å². The maximum absolute atomic E-state index is 10.6. The maximum atomic E-state index is 10.6. The standard InChI is InChI=1S/C17H17Br2N3O4/c1-2-26-15-9-14(18)16(19)13(17(15)23)10-20-7-8-21-11-3-5-12(6-4-11)22(24)25/h3-6,9-10,21,23H,2,7-8H2,1H3. The summed E-state index contributed by atoms with van der Waals surface area (Å²) in [7, 11) is 0. The number of aromatic hydroxyl groups is 1. The van der Waals surface area contributed by atoms with Gasteiger partial charge in [-0.1, -0.05) is 0 Å². The summed E-state index contributed by atoms with van der Waals surface area (Å²) in [6.07, 6.45) is 1.57. The quantitative estimate of drug-likeness (QED) is 0.243. The highest BCUT2D eigenvalue weighted by Crippen LogP contribution is 2.39. The second-order valence-corrected chi connectivity index (χ2v) is 6.78. The number of aliphatic imine (C=N–C) groups is 1. The molecule has 138 valence electrons. The van der Waals surface area contributed by atoms with Gasteiger partial charge in [0.25, 0.3) is 5.69 Å². The Balaban J connectivity index is 1.97. The number of anilines is 1. The lowest BCUT2D eigenvalue weighted by molar-refractivity contribution is -0.384. The summed E-state index contributed by atoms with van der Waals surface area (Å²) in [5.41, 5.74) is 1.35. The smallest absolute Gasteiger partial charge is 0.269 e. The molecular formula is C17H17Br2N3O4. The Morgan fingerprint density at radius 3 is 2.65 bits per heavy atom. The van der Waals surface area contributed by atoms with Gasteiger partial charge in [0.1, 0.15) is 0 Å². The third-order valence-electron chi connectivity index (χ3n) is 3.36. The van der Waals surface area contributed by atoms with Crippen LogP contribution in [0.5, 0.6) is 11.5 Å². The summed E-state index contributed by atoms with van der Waals surface area (Å²) in [5, 5.41) is 24.0. The normalized spacial score (nSPS) is 10.9. The molecule has 26 heavy (non-hydrogen) atoms. The van der Waals surface area contributed by atoms with E-state index in [9.17, 15) is 15.2 Å². The van der Waals surface area contributed by atoms with Gasteiger partial charge in [0.2, 0.25) is 0 Å². The minimum Gasteiger partial charge on any atom is -0.504 e. The molecule has 0 bridgehead atoms. The van der Waals surface area contributed by atoms with Gasteiger partial charge in [-0.25, -0.2) is 0 Å². The van der Waals surface area contributed by atoms with Crippen molar-refractivity contribution in [2.75, 3.05) is 25.0 Å². The minimum absolute atomic E-state index is 0.0222. The summed E-state index contributed by atoms with van der Waals surface area (Å²) in [6, 6.07) is 7.87. The first kappa shape index (κ1) is 20.2. The van der Waals surface area contributed by atoms with Crippen LogP contribution in [0.25, 0.3) is 0 Å². The van der Waals surface area contributed by atoms with E-state index in [1.807, 2.05) is 6.92 Å². The molecule has 0 aliphatic rings. The van der Waals surface area contributed by atoms with Gasteiger partial charge in [0.15, 0.2) is 11.5 Å². The first-order valence-corrected chi connectivity index (χ1v) is 9.34. The number of non-ortho nitro benzene ring substituents is 1. The topological polar surface area (TPSA) is 97.0 Å². The predicted molar refractivity (Wildman–Crippen MR) is 109 cm³/mol. The van der Waals surface area contributed by atoms with Crippen LogP contribution in [0.3, 0.4) is 0 Å². The molecule has 0 fully saturated rings. The Morgan fingerprint density at radius 2 is 2.04 bits per heavy atom. The zero-order chi connectivity index (χ0) is 19.1. The average Bonchev–Trinajstić information content (AvgIpc) is 2.62. The highest BCUT2D eigenvalue weighted by Gasteiger charge is 2.14. The van der Waals surface area contributed by atoms with E-state index >= 15 is 0 Å². The molecule has 0 aromatic heterocycles. The average molecular weight is 487 g/mol. The van der Waals surface area contributed by atoms with Crippen LogP contribution in [0.2, 0.25) is 0 Å². The van der Waals surface area contributed by atoms with Crippen LogP contribution in [-0.2, 0) is 0 Å². The zero-order valence-electron chi connectivity index (χ0n) is 13.9. The zero-order valence-corrected chi connectivity index (χ0v) is 17.1. The molecule has 0 aliphatic heterocycles. The first-order valence-electron chi connectivity index (χ1n) is 7.76. The number of benzene rings is 2. The van der Waals surface area contributed by atoms with E-state index in [1.54, 1.807) is 24.4 Å². The number of nitro benzene ring substituents is 1. The number of hydrogen-bond donors (Lipinski definition) is 2. The van der Waals surface area contributed by atoms with Crippen LogP contribution in [0, 0.1) is 10.1 Å². The van der Waals surface area contributed by atoms with Crippen LogP contribution in [0.1, 0.15) is 12.5 Å². The minimum atomic E-state index is -0.438. The van der Waals surface area contributed by atoms with Crippen molar-refractivity contribution in [2.24, 2.45) is 4.99 Å². The Kier molecular flexibility index (Phi) is 7.40. The van der Waals surface area contributed by atoms with Crippen LogP contribution in [0.4, 0.5) is 11.4 Å². The molecule has 9 heteroatoms. The molecule has 0 spiro atoms.